The SMILES string of the molecule is COc1cc(N)ccc1-c1cnc(C2CCC(NC(=O)OC(C)C)CC2)s1. The van der Waals surface area contributed by atoms with E-state index in [9.17, 15) is 4.79 Å². The number of nitrogens with zero attached hydrogens (tertiary/aromatic N) is 1. The molecule has 1 aliphatic carbocycles. The molecule has 146 valence electrons. The minimum Gasteiger partial charge on any atom is -0.496 e. The fraction of sp³-hybridized carbons (Fsp3) is 0.500. The summed E-state index contributed by atoms with van der Waals surface area (Å²) in [6.45, 7) is 3.71. The second-order valence-electron chi connectivity index (χ2n) is 7.17. The van der Waals surface area contributed by atoms with Gasteiger partial charge in [-0.25, -0.2) is 9.78 Å². The van der Waals surface area contributed by atoms with Crippen molar-refractivity contribution >= 4 is 23.1 Å². The van der Waals surface area contributed by atoms with Crippen LogP contribution in [-0.2, 0) is 4.74 Å². The fourth-order valence-electron chi connectivity index (χ4n) is 3.41. The molecule has 0 bridgehead atoms. The average Bonchev–Trinajstić information content (AvgIpc) is 3.11. The van der Waals surface area contributed by atoms with Crippen molar-refractivity contribution in [2.24, 2.45) is 0 Å². The lowest BCUT2D eigenvalue weighted by Crippen LogP contribution is -2.38. The number of rotatable bonds is 5. The van der Waals surface area contributed by atoms with E-state index in [0.29, 0.717) is 11.6 Å². The van der Waals surface area contributed by atoms with E-state index in [4.69, 9.17) is 15.2 Å². The third-order valence-electron chi connectivity index (χ3n) is 4.76. The Labute approximate surface area is 164 Å². The van der Waals surface area contributed by atoms with E-state index in [1.807, 2.05) is 38.2 Å². The molecular formula is C20H27N3O3S. The number of benzene rings is 1. The molecule has 0 unspecified atom stereocenters. The van der Waals surface area contributed by atoms with Crippen LogP contribution >= 0.6 is 11.3 Å². The highest BCUT2D eigenvalue weighted by molar-refractivity contribution is 7.15. The number of amides is 1. The molecule has 3 rings (SSSR count). The Hall–Kier alpha value is -2.28. The molecule has 0 spiro atoms. The zero-order chi connectivity index (χ0) is 19.4. The van der Waals surface area contributed by atoms with Gasteiger partial charge in [0.15, 0.2) is 0 Å². The number of thiazole rings is 1. The molecule has 1 fully saturated rings. The fourth-order valence-corrected chi connectivity index (χ4v) is 4.53. The van der Waals surface area contributed by atoms with E-state index in [2.05, 4.69) is 10.3 Å². The van der Waals surface area contributed by atoms with Gasteiger partial charge in [0.05, 0.1) is 23.1 Å². The average molecular weight is 390 g/mol. The molecular weight excluding hydrogens is 362 g/mol. The largest absolute Gasteiger partial charge is 0.496 e. The van der Waals surface area contributed by atoms with Crippen LogP contribution in [0.1, 0.15) is 50.5 Å². The monoisotopic (exact) mass is 389 g/mol. The summed E-state index contributed by atoms with van der Waals surface area (Å²) >= 11 is 1.71. The number of anilines is 1. The van der Waals surface area contributed by atoms with Gasteiger partial charge in [0.1, 0.15) is 5.75 Å². The standard InChI is InChI=1S/C20H27N3O3S/c1-12(2)26-20(24)23-15-7-4-13(5-8-15)19-22-11-18(27-19)16-9-6-14(21)10-17(16)25-3/h6,9-13,15H,4-5,7-8,21H2,1-3H3,(H,23,24). The summed E-state index contributed by atoms with van der Waals surface area (Å²) in [5.74, 6) is 1.20. The number of nitrogen functional groups attached to an aromatic ring is 1. The van der Waals surface area contributed by atoms with Crippen LogP contribution in [-0.4, -0.2) is 30.3 Å². The summed E-state index contributed by atoms with van der Waals surface area (Å²) in [6.07, 6.45) is 5.41. The number of aromatic nitrogens is 1. The minimum absolute atomic E-state index is 0.0968. The molecule has 1 aliphatic rings. The van der Waals surface area contributed by atoms with Crippen molar-refractivity contribution in [3.05, 3.63) is 29.4 Å². The van der Waals surface area contributed by atoms with Gasteiger partial charge in [0, 0.05) is 35.5 Å². The lowest BCUT2D eigenvalue weighted by molar-refractivity contribution is 0.109. The van der Waals surface area contributed by atoms with Gasteiger partial charge in [0.2, 0.25) is 0 Å². The van der Waals surface area contributed by atoms with Gasteiger partial charge >= 0.3 is 6.09 Å². The molecule has 7 heteroatoms. The Balaban J connectivity index is 1.61. The summed E-state index contributed by atoms with van der Waals surface area (Å²) in [7, 11) is 1.65. The van der Waals surface area contributed by atoms with Crippen LogP contribution in [0, 0.1) is 0 Å². The first-order valence-electron chi connectivity index (χ1n) is 9.33. The summed E-state index contributed by atoms with van der Waals surface area (Å²) < 4.78 is 10.6. The van der Waals surface area contributed by atoms with Crippen molar-refractivity contribution in [2.45, 2.75) is 57.6 Å². The number of hydrogen-bond acceptors (Lipinski definition) is 6. The van der Waals surface area contributed by atoms with Gasteiger partial charge in [-0.3, -0.25) is 0 Å². The van der Waals surface area contributed by atoms with Crippen LogP contribution in [0.3, 0.4) is 0 Å². The Bertz CT molecular complexity index is 783. The van der Waals surface area contributed by atoms with Crippen molar-refractivity contribution in [3.8, 4) is 16.2 Å². The van der Waals surface area contributed by atoms with E-state index in [1.54, 1.807) is 18.4 Å². The highest BCUT2D eigenvalue weighted by Gasteiger charge is 2.26. The summed E-state index contributed by atoms with van der Waals surface area (Å²) in [5.41, 5.74) is 7.54. The van der Waals surface area contributed by atoms with Gasteiger partial charge < -0.3 is 20.5 Å². The predicted molar refractivity (Wildman–Crippen MR) is 108 cm³/mol. The Morgan fingerprint density at radius 2 is 2.04 bits per heavy atom. The van der Waals surface area contributed by atoms with Gasteiger partial charge in [0.25, 0.3) is 0 Å². The lowest BCUT2D eigenvalue weighted by atomic mass is 9.86. The summed E-state index contributed by atoms with van der Waals surface area (Å²) in [5, 5.41) is 4.11. The molecule has 1 heterocycles. The van der Waals surface area contributed by atoms with Crippen molar-refractivity contribution < 1.29 is 14.3 Å². The number of ether oxygens (including phenoxy) is 2. The number of hydrogen-bond donors (Lipinski definition) is 2. The third kappa shape index (κ3) is 4.91. The van der Waals surface area contributed by atoms with E-state index >= 15 is 0 Å². The summed E-state index contributed by atoms with van der Waals surface area (Å²) in [6, 6.07) is 5.88. The number of nitrogens with two attached hydrogens (primary N) is 1. The van der Waals surface area contributed by atoms with Crippen LogP contribution < -0.4 is 15.8 Å². The van der Waals surface area contributed by atoms with Crippen molar-refractivity contribution in [1.29, 1.82) is 0 Å². The van der Waals surface area contributed by atoms with Gasteiger partial charge in [-0.05, 0) is 51.7 Å². The van der Waals surface area contributed by atoms with Crippen LogP contribution in [0.5, 0.6) is 5.75 Å². The molecule has 2 aromatic rings. The zero-order valence-corrected chi connectivity index (χ0v) is 16.8. The zero-order valence-electron chi connectivity index (χ0n) is 16.0. The first-order valence-corrected chi connectivity index (χ1v) is 10.1. The maximum atomic E-state index is 11.8. The third-order valence-corrected chi connectivity index (χ3v) is 5.95. The first-order chi connectivity index (χ1) is 13.0. The number of carbonyl (C=O) groups excluding carboxylic acids is 1. The van der Waals surface area contributed by atoms with E-state index in [-0.39, 0.29) is 18.2 Å². The first kappa shape index (κ1) is 19.5. The second-order valence-corrected chi connectivity index (χ2v) is 8.23. The minimum atomic E-state index is -0.319. The van der Waals surface area contributed by atoms with E-state index in [1.165, 1.54) is 0 Å². The van der Waals surface area contributed by atoms with E-state index < -0.39 is 0 Å². The van der Waals surface area contributed by atoms with Gasteiger partial charge in [-0.1, -0.05) is 0 Å². The van der Waals surface area contributed by atoms with Gasteiger partial charge in [-0.2, -0.15) is 0 Å². The number of nitrogens with one attached hydrogen (secondary N) is 1. The van der Waals surface area contributed by atoms with Crippen molar-refractivity contribution in [1.82, 2.24) is 10.3 Å². The van der Waals surface area contributed by atoms with Crippen LogP contribution in [0.25, 0.3) is 10.4 Å². The predicted octanol–water partition coefficient (Wildman–Crippen LogP) is 4.56. The van der Waals surface area contributed by atoms with E-state index in [0.717, 1.165) is 46.9 Å². The van der Waals surface area contributed by atoms with Gasteiger partial charge in [-0.15, -0.1) is 11.3 Å². The lowest BCUT2D eigenvalue weighted by Gasteiger charge is -2.28. The van der Waals surface area contributed by atoms with Crippen LogP contribution in [0.4, 0.5) is 10.5 Å². The van der Waals surface area contributed by atoms with Crippen LogP contribution in [0.2, 0.25) is 0 Å². The Morgan fingerprint density at radius 1 is 1.30 bits per heavy atom. The quantitative estimate of drug-likeness (QED) is 0.732. The molecule has 0 aliphatic heterocycles. The number of carbonyl (C=O) groups is 1. The topological polar surface area (TPSA) is 86.5 Å². The molecule has 3 N–H and O–H groups in total. The van der Waals surface area contributed by atoms with Crippen molar-refractivity contribution in [3.63, 3.8) is 0 Å². The molecule has 0 radical (unpaired) electrons. The van der Waals surface area contributed by atoms with Crippen molar-refractivity contribution in [2.75, 3.05) is 12.8 Å². The Morgan fingerprint density at radius 3 is 2.70 bits per heavy atom. The highest BCUT2D eigenvalue weighted by Crippen LogP contribution is 2.40. The number of methoxy groups -OCH3 is 1. The normalized spacial score (nSPS) is 19.7. The molecule has 27 heavy (non-hydrogen) atoms. The summed E-state index contributed by atoms with van der Waals surface area (Å²) in [4.78, 5) is 17.5. The molecule has 0 saturated heterocycles. The molecule has 6 nitrogen and oxygen atoms in total. The highest BCUT2D eigenvalue weighted by atomic mass is 32.1. The second kappa shape index (κ2) is 8.61. The maximum Gasteiger partial charge on any atom is 0.407 e. The molecule has 1 amide bonds. The van der Waals surface area contributed by atoms with Crippen LogP contribution in [0.15, 0.2) is 24.4 Å². The Kier molecular flexibility index (Phi) is 6.21. The molecule has 1 saturated carbocycles. The smallest absolute Gasteiger partial charge is 0.407 e. The molecule has 1 aromatic carbocycles. The number of alkyl carbamates (subject to hydrolysis) is 1. The maximum absolute atomic E-state index is 11.8. The molecule has 1 aromatic heterocycles. The molecule has 0 atom stereocenters.